The van der Waals surface area contributed by atoms with Crippen LogP contribution in [0.25, 0.3) is 6.08 Å². The summed E-state index contributed by atoms with van der Waals surface area (Å²) in [6.07, 6.45) is 3.59. The molecule has 0 saturated carbocycles. The van der Waals surface area contributed by atoms with Crippen LogP contribution >= 0.6 is 11.8 Å². The highest BCUT2D eigenvalue weighted by molar-refractivity contribution is 8.18. The first-order chi connectivity index (χ1) is 13.6. The number of hydrogen-bond acceptors (Lipinski definition) is 7. The lowest BCUT2D eigenvalue weighted by atomic mass is 10.1. The van der Waals surface area contributed by atoms with Crippen LogP contribution in [0.3, 0.4) is 0 Å². The highest BCUT2D eigenvalue weighted by Gasteiger charge is 2.37. The Hall–Kier alpha value is -2.74. The minimum absolute atomic E-state index is 0.0157. The predicted octanol–water partition coefficient (Wildman–Crippen LogP) is 3.90. The molecule has 2 amide bonds. The summed E-state index contributed by atoms with van der Waals surface area (Å²) < 4.78 is 10.6. The van der Waals surface area contributed by atoms with Crippen LogP contribution < -0.4 is 4.74 Å². The molecule has 1 aliphatic heterocycles. The zero-order chi connectivity index (χ0) is 21.8. The van der Waals surface area contributed by atoms with Gasteiger partial charge in [-0.05, 0) is 69.6 Å². The van der Waals surface area contributed by atoms with Crippen molar-refractivity contribution in [3.05, 3.63) is 40.8 Å². The van der Waals surface area contributed by atoms with E-state index in [1.54, 1.807) is 45.9 Å². The summed E-state index contributed by atoms with van der Waals surface area (Å²) in [6, 6.07) is 3.29. The Kier molecular flexibility index (Phi) is 7.13. The number of benzene rings is 1. The van der Waals surface area contributed by atoms with Crippen LogP contribution in [0.4, 0.5) is 4.79 Å². The highest BCUT2D eigenvalue weighted by atomic mass is 32.2. The number of amides is 2. The van der Waals surface area contributed by atoms with Gasteiger partial charge in [-0.1, -0.05) is 6.08 Å². The third-order valence-corrected chi connectivity index (χ3v) is 4.63. The molecule has 1 N–H and O–H groups in total. The minimum atomic E-state index is -0.710. The third-order valence-electron chi connectivity index (χ3n) is 3.72. The number of thioether (sulfide) groups is 1. The van der Waals surface area contributed by atoms with E-state index in [1.165, 1.54) is 6.08 Å². The summed E-state index contributed by atoms with van der Waals surface area (Å²) in [5.41, 5.74) is 0.467. The molecular weight excluding hydrogens is 394 g/mol. The maximum absolute atomic E-state index is 12.6. The van der Waals surface area contributed by atoms with Gasteiger partial charge in [-0.2, -0.15) is 0 Å². The Balaban J connectivity index is 2.28. The quantitative estimate of drug-likeness (QED) is 0.407. The van der Waals surface area contributed by atoms with Crippen molar-refractivity contribution in [1.29, 1.82) is 0 Å². The van der Waals surface area contributed by atoms with E-state index >= 15 is 0 Å². The summed E-state index contributed by atoms with van der Waals surface area (Å²) >= 11 is 0.747. The molecule has 1 fully saturated rings. The van der Waals surface area contributed by atoms with Crippen LogP contribution in [0, 0.1) is 0 Å². The van der Waals surface area contributed by atoms with Gasteiger partial charge < -0.3 is 14.6 Å². The normalized spacial score (nSPS) is 15.7. The lowest BCUT2D eigenvalue weighted by Gasteiger charge is -2.21. The number of esters is 1. The lowest BCUT2D eigenvalue weighted by Crippen LogP contribution is -2.37. The van der Waals surface area contributed by atoms with E-state index < -0.39 is 29.3 Å². The molecule has 0 bridgehead atoms. The van der Waals surface area contributed by atoms with Crippen molar-refractivity contribution in [2.45, 2.75) is 39.7 Å². The first-order valence-corrected chi connectivity index (χ1v) is 9.94. The summed E-state index contributed by atoms with van der Waals surface area (Å²) in [5.74, 6) is -0.923. The number of allylic oxidation sites excluding steroid dienone is 1. The first kappa shape index (κ1) is 22.5. The molecule has 7 nitrogen and oxygen atoms in total. The average Bonchev–Trinajstić information content (AvgIpc) is 2.85. The lowest BCUT2D eigenvalue weighted by molar-refractivity contribution is -0.156. The van der Waals surface area contributed by atoms with Crippen LogP contribution in [0.5, 0.6) is 11.5 Å². The second kappa shape index (κ2) is 9.17. The largest absolute Gasteiger partial charge is 0.504 e. The van der Waals surface area contributed by atoms with Gasteiger partial charge >= 0.3 is 5.97 Å². The van der Waals surface area contributed by atoms with Crippen molar-refractivity contribution in [2.75, 3.05) is 13.2 Å². The van der Waals surface area contributed by atoms with Gasteiger partial charge in [-0.15, -0.1) is 6.58 Å². The molecule has 29 heavy (non-hydrogen) atoms. The summed E-state index contributed by atoms with van der Waals surface area (Å²) in [5, 5.41) is 9.75. The average molecular weight is 419 g/mol. The number of phenolic OH excluding ortho intramolecular Hbond substituents is 1. The molecule has 1 heterocycles. The van der Waals surface area contributed by atoms with Crippen molar-refractivity contribution in [2.24, 2.45) is 0 Å². The van der Waals surface area contributed by atoms with Crippen molar-refractivity contribution < 1.29 is 29.0 Å². The molecule has 0 atom stereocenters. The summed E-state index contributed by atoms with van der Waals surface area (Å²) in [7, 11) is 0. The Morgan fingerprint density at radius 3 is 2.59 bits per heavy atom. The number of aromatic hydroxyl groups is 1. The Bertz CT molecular complexity index is 869. The van der Waals surface area contributed by atoms with Crippen molar-refractivity contribution >= 4 is 35.0 Å². The van der Waals surface area contributed by atoms with Gasteiger partial charge in [0.25, 0.3) is 11.1 Å². The number of carbonyl (C=O) groups is 3. The molecule has 1 aromatic carbocycles. The molecule has 0 radical (unpaired) electrons. The minimum Gasteiger partial charge on any atom is -0.504 e. The first-order valence-electron chi connectivity index (χ1n) is 9.12. The summed E-state index contributed by atoms with van der Waals surface area (Å²) in [4.78, 5) is 37.9. The highest BCUT2D eigenvalue weighted by Crippen LogP contribution is 2.36. The second-order valence-corrected chi connectivity index (χ2v) is 8.30. The predicted molar refractivity (Wildman–Crippen MR) is 112 cm³/mol. The van der Waals surface area contributed by atoms with Gasteiger partial charge in [0.15, 0.2) is 11.5 Å². The molecule has 0 spiro atoms. The van der Waals surface area contributed by atoms with E-state index in [-0.39, 0.29) is 16.4 Å². The fourth-order valence-corrected chi connectivity index (χ4v) is 3.48. The molecule has 156 valence electrons. The smallest absolute Gasteiger partial charge is 0.326 e. The zero-order valence-corrected chi connectivity index (χ0v) is 17.8. The second-order valence-electron chi connectivity index (χ2n) is 7.31. The number of nitrogens with zero attached hydrogens (tertiary/aromatic N) is 1. The molecule has 2 rings (SSSR count). The molecular formula is C21H25NO6S. The van der Waals surface area contributed by atoms with Crippen LogP contribution in [0.1, 0.15) is 38.8 Å². The van der Waals surface area contributed by atoms with Gasteiger partial charge in [0.1, 0.15) is 12.1 Å². The van der Waals surface area contributed by atoms with E-state index in [0.717, 1.165) is 16.7 Å². The Morgan fingerprint density at radius 2 is 2.00 bits per heavy atom. The maximum atomic E-state index is 12.6. The van der Waals surface area contributed by atoms with Crippen LogP contribution in [-0.2, 0) is 20.7 Å². The summed E-state index contributed by atoms with van der Waals surface area (Å²) in [6.45, 7) is 10.5. The Morgan fingerprint density at radius 1 is 1.31 bits per heavy atom. The zero-order valence-electron chi connectivity index (χ0n) is 17.0. The molecule has 0 unspecified atom stereocenters. The molecule has 0 aliphatic carbocycles. The van der Waals surface area contributed by atoms with E-state index in [0.29, 0.717) is 24.2 Å². The Labute approximate surface area is 174 Å². The number of hydrogen-bond donors (Lipinski definition) is 1. The topological polar surface area (TPSA) is 93.1 Å². The molecule has 8 heteroatoms. The number of carbonyl (C=O) groups excluding carboxylic acids is 3. The number of phenols is 1. The van der Waals surface area contributed by atoms with E-state index in [4.69, 9.17) is 9.47 Å². The van der Waals surface area contributed by atoms with E-state index in [9.17, 15) is 19.5 Å². The molecule has 1 saturated heterocycles. The van der Waals surface area contributed by atoms with Gasteiger partial charge in [-0.3, -0.25) is 19.3 Å². The number of imide groups is 1. The van der Waals surface area contributed by atoms with Crippen molar-refractivity contribution in [3.63, 3.8) is 0 Å². The fraction of sp³-hybridized carbons (Fsp3) is 0.381. The van der Waals surface area contributed by atoms with Gasteiger partial charge in [-0.25, -0.2) is 0 Å². The molecule has 1 aromatic rings. The molecule has 0 aromatic heterocycles. The van der Waals surface area contributed by atoms with Crippen LogP contribution in [0.15, 0.2) is 29.7 Å². The van der Waals surface area contributed by atoms with Crippen molar-refractivity contribution in [3.8, 4) is 11.5 Å². The fourth-order valence-electron chi connectivity index (χ4n) is 2.64. The number of ether oxygens (including phenoxy) is 2. The monoisotopic (exact) mass is 419 g/mol. The van der Waals surface area contributed by atoms with E-state index in [2.05, 4.69) is 6.58 Å². The maximum Gasteiger partial charge on any atom is 0.326 e. The number of rotatable bonds is 7. The standard InChI is InChI=1S/C21H25NO6S/c1-6-8-14-9-13(10-15(18(14)24)27-7-2)11-16-19(25)22(20(26)29-16)12-17(23)28-21(3,4)5/h6,9-11,24H,1,7-8,12H2,2-5H3/b16-11+. The van der Waals surface area contributed by atoms with E-state index in [1.807, 2.05) is 0 Å². The SMILES string of the molecule is C=CCc1cc(/C=C2/SC(=O)N(CC(=O)OC(C)(C)C)C2=O)cc(OCC)c1O. The van der Waals surface area contributed by atoms with Gasteiger partial charge in [0, 0.05) is 5.56 Å². The third kappa shape index (κ3) is 5.87. The van der Waals surface area contributed by atoms with Crippen LogP contribution in [-0.4, -0.2) is 45.9 Å². The van der Waals surface area contributed by atoms with Gasteiger partial charge in [0.05, 0.1) is 11.5 Å². The molecule has 1 aliphatic rings. The van der Waals surface area contributed by atoms with Gasteiger partial charge in [0.2, 0.25) is 0 Å². The van der Waals surface area contributed by atoms with Crippen LogP contribution in [0.2, 0.25) is 0 Å². The van der Waals surface area contributed by atoms with Crippen molar-refractivity contribution in [1.82, 2.24) is 4.90 Å².